The average molecular weight is 420 g/mol. The van der Waals surface area contributed by atoms with Crippen LogP contribution >= 0.6 is 0 Å². The van der Waals surface area contributed by atoms with Gasteiger partial charge in [-0.1, -0.05) is 87.4 Å². The maximum absolute atomic E-state index is 13.6. The van der Waals surface area contributed by atoms with E-state index in [1.165, 1.54) is 0 Å². The number of carbonyl (C=O) groups excluding carboxylic acids is 3. The van der Waals surface area contributed by atoms with Crippen molar-refractivity contribution >= 4 is 17.8 Å². The summed E-state index contributed by atoms with van der Waals surface area (Å²) < 4.78 is 0. The minimum absolute atomic E-state index is 0.0741. The average Bonchev–Trinajstić information content (AvgIpc) is 3.04. The molecule has 1 aliphatic heterocycles. The van der Waals surface area contributed by atoms with Gasteiger partial charge in [-0.25, -0.2) is 4.79 Å². The molecule has 2 aliphatic rings. The maximum atomic E-state index is 13.6. The van der Waals surface area contributed by atoms with E-state index in [-0.39, 0.29) is 18.5 Å². The van der Waals surface area contributed by atoms with E-state index in [4.69, 9.17) is 0 Å². The first-order chi connectivity index (χ1) is 14.9. The maximum Gasteiger partial charge on any atom is 0.326 e. The molecule has 3 atom stereocenters. The molecule has 2 N–H and O–H groups in total. The number of nitrogens with zero attached hydrogens (tertiary/aromatic N) is 1. The van der Waals surface area contributed by atoms with Gasteiger partial charge in [-0.05, 0) is 29.4 Å². The van der Waals surface area contributed by atoms with Crippen molar-refractivity contribution in [2.75, 3.05) is 6.54 Å². The number of carbonyl (C=O) groups is 3. The fraction of sp³-hybridized carbons (Fsp3) is 0.400. The molecular formula is C25H29N3O3. The molecule has 0 spiro atoms. The van der Waals surface area contributed by atoms with Crippen LogP contribution in [0.4, 0.5) is 4.79 Å². The highest BCUT2D eigenvalue weighted by Gasteiger charge is 2.54. The summed E-state index contributed by atoms with van der Waals surface area (Å²) in [7, 11) is 0. The number of amides is 4. The predicted molar refractivity (Wildman–Crippen MR) is 118 cm³/mol. The topological polar surface area (TPSA) is 78.5 Å². The van der Waals surface area contributed by atoms with Gasteiger partial charge in [0.05, 0.1) is 0 Å². The van der Waals surface area contributed by atoms with Gasteiger partial charge in [0.25, 0.3) is 5.91 Å². The summed E-state index contributed by atoms with van der Waals surface area (Å²) in [6.07, 6.45) is 3.16. The van der Waals surface area contributed by atoms with Crippen molar-refractivity contribution in [1.29, 1.82) is 0 Å². The van der Waals surface area contributed by atoms with Crippen LogP contribution in [0.2, 0.25) is 0 Å². The van der Waals surface area contributed by atoms with Gasteiger partial charge in [0.15, 0.2) is 5.54 Å². The van der Waals surface area contributed by atoms with Gasteiger partial charge in [-0.3, -0.25) is 14.5 Å². The first kappa shape index (κ1) is 21.1. The van der Waals surface area contributed by atoms with E-state index in [1.54, 1.807) is 0 Å². The first-order valence-corrected chi connectivity index (χ1v) is 11.0. The standard InChI is InChI=1S/C25H29N3O3/c1-17-10-9-15-21(18(17)2)26-22(29)16-28-23(30)25(27-24(28)31,19-11-5-3-6-12-19)20-13-7-4-8-14-20/h3-8,11-14,17-18,21H,9-10,15-16H2,1-2H3,(H,26,29)(H,27,31)/t17-,18-,21+/m1/s1. The lowest BCUT2D eigenvalue weighted by atomic mass is 9.78. The van der Waals surface area contributed by atoms with Crippen LogP contribution in [0.3, 0.4) is 0 Å². The Morgan fingerprint density at radius 3 is 2.16 bits per heavy atom. The molecular weight excluding hydrogens is 390 g/mol. The second-order valence-corrected chi connectivity index (χ2v) is 8.74. The summed E-state index contributed by atoms with van der Waals surface area (Å²) in [4.78, 5) is 40.4. The zero-order valence-electron chi connectivity index (χ0n) is 18.0. The number of benzene rings is 2. The molecule has 0 unspecified atom stereocenters. The van der Waals surface area contributed by atoms with Crippen LogP contribution in [0.25, 0.3) is 0 Å². The Balaban J connectivity index is 1.59. The molecule has 0 aromatic heterocycles. The van der Waals surface area contributed by atoms with E-state index in [2.05, 4.69) is 24.5 Å². The number of hydrogen-bond donors (Lipinski definition) is 2. The van der Waals surface area contributed by atoms with Crippen molar-refractivity contribution < 1.29 is 14.4 Å². The third-order valence-corrected chi connectivity index (χ3v) is 6.87. The van der Waals surface area contributed by atoms with Crippen molar-refractivity contribution in [3.63, 3.8) is 0 Å². The summed E-state index contributed by atoms with van der Waals surface area (Å²) in [6.45, 7) is 4.07. The number of hydrogen-bond acceptors (Lipinski definition) is 3. The van der Waals surface area contributed by atoms with Gasteiger partial charge in [0.1, 0.15) is 6.54 Å². The molecule has 1 saturated carbocycles. The molecule has 0 radical (unpaired) electrons. The largest absolute Gasteiger partial charge is 0.352 e. The zero-order chi connectivity index (χ0) is 22.0. The van der Waals surface area contributed by atoms with E-state index < -0.39 is 17.5 Å². The lowest BCUT2D eigenvalue weighted by Crippen LogP contribution is -2.49. The highest BCUT2D eigenvalue weighted by atomic mass is 16.2. The fourth-order valence-corrected chi connectivity index (χ4v) is 4.84. The third kappa shape index (κ3) is 3.82. The Bertz CT molecular complexity index is 921. The molecule has 2 fully saturated rings. The molecule has 6 heteroatoms. The smallest absolute Gasteiger partial charge is 0.326 e. The van der Waals surface area contributed by atoms with Crippen molar-refractivity contribution in [3.05, 3.63) is 71.8 Å². The van der Waals surface area contributed by atoms with E-state index in [0.717, 1.165) is 24.2 Å². The molecule has 2 aromatic carbocycles. The van der Waals surface area contributed by atoms with Crippen LogP contribution in [0.1, 0.15) is 44.2 Å². The number of urea groups is 1. The van der Waals surface area contributed by atoms with Crippen LogP contribution in [-0.2, 0) is 15.1 Å². The Labute approximate surface area is 183 Å². The van der Waals surface area contributed by atoms with Crippen LogP contribution in [-0.4, -0.2) is 35.3 Å². The van der Waals surface area contributed by atoms with Crippen molar-refractivity contribution in [2.24, 2.45) is 11.8 Å². The van der Waals surface area contributed by atoms with E-state index in [0.29, 0.717) is 23.0 Å². The minimum Gasteiger partial charge on any atom is -0.352 e. The molecule has 6 nitrogen and oxygen atoms in total. The summed E-state index contributed by atoms with van der Waals surface area (Å²) >= 11 is 0. The summed E-state index contributed by atoms with van der Waals surface area (Å²) in [5.41, 5.74) is -0.0126. The highest BCUT2D eigenvalue weighted by molar-refractivity contribution is 6.11. The SMILES string of the molecule is C[C@@H]1[C@H](C)CCC[C@@H]1NC(=O)CN1C(=O)NC(c2ccccc2)(c2ccccc2)C1=O. The van der Waals surface area contributed by atoms with Crippen LogP contribution in [0.15, 0.2) is 60.7 Å². The molecule has 4 amide bonds. The lowest BCUT2D eigenvalue weighted by molar-refractivity contribution is -0.134. The van der Waals surface area contributed by atoms with E-state index >= 15 is 0 Å². The van der Waals surface area contributed by atoms with Gasteiger partial charge >= 0.3 is 6.03 Å². The van der Waals surface area contributed by atoms with Gasteiger partial charge in [-0.2, -0.15) is 0 Å². The second-order valence-electron chi connectivity index (χ2n) is 8.74. The molecule has 1 heterocycles. The predicted octanol–water partition coefficient (Wildman–Crippen LogP) is 3.42. The van der Waals surface area contributed by atoms with Crippen molar-refractivity contribution in [1.82, 2.24) is 15.5 Å². The lowest BCUT2D eigenvalue weighted by Gasteiger charge is -2.34. The van der Waals surface area contributed by atoms with Crippen molar-refractivity contribution in [2.45, 2.75) is 44.7 Å². The Morgan fingerprint density at radius 1 is 1.00 bits per heavy atom. The van der Waals surface area contributed by atoms with Gasteiger partial charge in [0, 0.05) is 6.04 Å². The molecule has 1 aliphatic carbocycles. The normalized spacial score (nSPS) is 25.2. The molecule has 162 valence electrons. The quantitative estimate of drug-likeness (QED) is 0.729. The van der Waals surface area contributed by atoms with Crippen LogP contribution in [0.5, 0.6) is 0 Å². The molecule has 1 saturated heterocycles. The number of rotatable bonds is 5. The first-order valence-electron chi connectivity index (χ1n) is 11.0. The van der Waals surface area contributed by atoms with Crippen LogP contribution < -0.4 is 10.6 Å². The summed E-state index contributed by atoms with van der Waals surface area (Å²) in [5, 5.41) is 5.94. The molecule has 0 bridgehead atoms. The van der Waals surface area contributed by atoms with E-state index in [1.807, 2.05) is 60.7 Å². The second kappa shape index (κ2) is 8.53. The molecule has 31 heavy (non-hydrogen) atoms. The summed E-state index contributed by atoms with van der Waals surface area (Å²) in [6, 6.07) is 17.9. The molecule has 2 aromatic rings. The van der Waals surface area contributed by atoms with Crippen molar-refractivity contribution in [3.8, 4) is 0 Å². The summed E-state index contributed by atoms with van der Waals surface area (Å²) in [5.74, 6) is 0.176. The highest BCUT2D eigenvalue weighted by Crippen LogP contribution is 2.36. The molecule has 4 rings (SSSR count). The van der Waals surface area contributed by atoms with Gasteiger partial charge in [0.2, 0.25) is 5.91 Å². The Kier molecular flexibility index (Phi) is 5.81. The Morgan fingerprint density at radius 2 is 1.58 bits per heavy atom. The van der Waals surface area contributed by atoms with Crippen LogP contribution in [0, 0.1) is 11.8 Å². The monoisotopic (exact) mass is 419 g/mol. The fourth-order valence-electron chi connectivity index (χ4n) is 4.84. The zero-order valence-corrected chi connectivity index (χ0v) is 18.0. The number of nitrogens with one attached hydrogen (secondary N) is 2. The number of imide groups is 1. The minimum atomic E-state index is -1.34. The van der Waals surface area contributed by atoms with Gasteiger partial charge < -0.3 is 10.6 Å². The Hall–Kier alpha value is -3.15. The van der Waals surface area contributed by atoms with E-state index in [9.17, 15) is 14.4 Å². The third-order valence-electron chi connectivity index (χ3n) is 6.87. The van der Waals surface area contributed by atoms with Gasteiger partial charge in [-0.15, -0.1) is 0 Å².